The number of nitrogens with zero attached hydrogens (tertiary/aromatic N) is 5. The van der Waals surface area contributed by atoms with E-state index in [0.29, 0.717) is 29.4 Å². The molecule has 4 heterocycles. The standard InChI is InChI=1S/C12H22NSi2.C11H15NO.C11H13NO.C11H11NO.C7H7NO.C4H6O.CH2O3.BrH.K.Mg.Na.H2O.H/c1-14(2,3)13(15(4,5)6)12-10-8-7-9-11-12;3*13-11(4-3-9-1-2-9)10-5-7-12-8-6-10;1-6(9)7-2-4-8-5-3-7;5-3-4-1-2-4;2-1-4-3;;;;;;/h7-8,10-11H,1-6H3;5-9,11,13H,1-4H2;5-9H,1-4H2;3-9H,1-2H2;2-5H,1H3;3-4H,1-2H2;1,3H;1H;;;;1H2;/q-1;;;;;;;;+1;+2;+1;;-1/p-2/b;;;4-3+;;;;;;;;;. The van der Waals surface area contributed by atoms with Gasteiger partial charge >= 0.3 is 104 Å². The molecular formula is C57H78BrKMgN5NaO9Si2. The van der Waals surface area contributed by atoms with Gasteiger partial charge in [-0.3, -0.25) is 39.1 Å². The molecule has 5 aromatic rings. The molecule has 1 aromatic carbocycles. The number of anilines is 1. The van der Waals surface area contributed by atoms with Gasteiger partial charge < -0.3 is 31.2 Å². The van der Waals surface area contributed by atoms with Crippen LogP contribution in [0.3, 0.4) is 0 Å². The van der Waals surface area contributed by atoms with Crippen LogP contribution in [0.15, 0.2) is 135 Å². The van der Waals surface area contributed by atoms with Crippen molar-refractivity contribution in [3.63, 3.8) is 0 Å². The monoisotopic (exact) mass is 1200 g/mol. The van der Waals surface area contributed by atoms with Crippen molar-refractivity contribution in [3.8, 4) is 0 Å². The molecular weight excluding hydrogens is 1120 g/mol. The summed E-state index contributed by atoms with van der Waals surface area (Å²) >= 11 is 0. The van der Waals surface area contributed by atoms with Crippen LogP contribution in [0.25, 0.3) is 0 Å². The first kappa shape index (κ1) is 78.9. The van der Waals surface area contributed by atoms with Gasteiger partial charge in [0.15, 0.2) is 17.3 Å². The second kappa shape index (κ2) is 44.4. The van der Waals surface area contributed by atoms with Crippen LogP contribution in [-0.2, 0) is 14.5 Å². The van der Waals surface area contributed by atoms with E-state index < -0.39 is 16.5 Å². The number of carbonyl (C=O) groups is 5. The van der Waals surface area contributed by atoms with Crippen LogP contribution in [0.1, 0.15) is 128 Å². The number of halogens is 1. The fourth-order valence-electron chi connectivity index (χ4n) is 7.22. The van der Waals surface area contributed by atoms with Crippen molar-refractivity contribution in [2.45, 2.75) is 129 Å². The molecule has 0 amide bonds. The molecule has 9 rings (SSSR count). The molecule has 4 aromatic heterocycles. The summed E-state index contributed by atoms with van der Waals surface area (Å²) in [5, 5.41) is 18.2. The Kier molecular flexibility index (Phi) is 45.5. The van der Waals surface area contributed by atoms with Crippen LogP contribution in [0.2, 0.25) is 39.3 Å². The molecule has 20 heteroatoms. The number of benzene rings is 1. The van der Waals surface area contributed by atoms with Gasteiger partial charge in [0.2, 0.25) is 0 Å². The SMILES string of the molecule is Br.CC(=O)c1ccncc1.C[Si](C)(C)N(c1c[c-]ccc1)[Si](C)(C)C.O=C(/C=C/C1CC1)c1ccncc1.O=C(CCC1CC1)c1ccncc1.O=CC1CC1.O=CO[O-].OC(CCC1CC1)c1ccncc1.[H-].[K+].[Mg+2].[Na+].[OH-]. The van der Waals surface area contributed by atoms with E-state index in [0.717, 1.165) is 54.9 Å². The van der Waals surface area contributed by atoms with Crippen molar-refractivity contribution in [1.29, 1.82) is 0 Å². The van der Waals surface area contributed by atoms with Crippen LogP contribution >= 0.6 is 17.0 Å². The van der Waals surface area contributed by atoms with E-state index >= 15 is 0 Å². The first-order chi connectivity index (χ1) is 34.5. The number of aldehydes is 1. The molecule has 0 spiro atoms. The normalized spacial score (nSPS) is 13.8. The molecule has 4 saturated carbocycles. The van der Waals surface area contributed by atoms with Crippen LogP contribution in [0.4, 0.5) is 5.69 Å². The number of hydrogen-bond donors (Lipinski definition) is 1. The number of aliphatic hydroxyl groups is 1. The third-order valence-corrected chi connectivity index (χ3v) is 18.7. The molecule has 4 aliphatic rings. The second-order valence-corrected chi connectivity index (χ2v) is 30.2. The Morgan fingerprint density at radius 1 is 0.727 bits per heavy atom. The minimum Gasteiger partial charge on any atom is -1.00 e. The molecule has 404 valence electrons. The molecule has 4 aliphatic carbocycles. The van der Waals surface area contributed by atoms with Crippen molar-refractivity contribution in [2.75, 3.05) is 4.23 Å². The molecule has 2 N–H and O–H groups in total. The van der Waals surface area contributed by atoms with E-state index in [4.69, 9.17) is 10.1 Å². The third kappa shape index (κ3) is 38.1. The number of aromatic nitrogens is 4. The third-order valence-electron chi connectivity index (χ3n) is 11.5. The quantitative estimate of drug-likeness (QED) is 0.0234. The number of hydrogen-bond acceptors (Lipinski definition) is 14. The molecule has 4 fully saturated rings. The molecule has 77 heavy (non-hydrogen) atoms. The number of ketones is 3. The summed E-state index contributed by atoms with van der Waals surface area (Å²) < 4.78 is 2.70. The van der Waals surface area contributed by atoms with Crippen LogP contribution in [0.5, 0.6) is 0 Å². The van der Waals surface area contributed by atoms with Crippen molar-refractivity contribution < 1.29 is 127 Å². The summed E-state index contributed by atoms with van der Waals surface area (Å²) in [6.07, 6.45) is 31.7. The Morgan fingerprint density at radius 3 is 1.51 bits per heavy atom. The maximum absolute atomic E-state index is 11.5. The van der Waals surface area contributed by atoms with Crippen LogP contribution in [0, 0.1) is 29.7 Å². The average Bonchev–Trinajstić information content (AvgIpc) is 4.17. The minimum absolute atomic E-state index is 0. The van der Waals surface area contributed by atoms with Gasteiger partial charge in [0.25, 0.3) is 6.47 Å². The van der Waals surface area contributed by atoms with E-state index in [1.54, 1.807) is 92.0 Å². The van der Waals surface area contributed by atoms with Crippen LogP contribution < -0.4 is 90.4 Å². The van der Waals surface area contributed by atoms with Crippen molar-refractivity contribution in [1.82, 2.24) is 19.9 Å². The van der Waals surface area contributed by atoms with E-state index in [1.165, 1.54) is 57.6 Å². The van der Waals surface area contributed by atoms with Gasteiger partial charge in [0.05, 0.1) is 6.10 Å². The summed E-state index contributed by atoms with van der Waals surface area (Å²) in [5.74, 6) is 3.27. The Bertz CT molecular complexity index is 2350. The molecule has 1 unspecified atom stereocenters. The van der Waals surface area contributed by atoms with Crippen LogP contribution in [-0.4, -0.2) is 100 Å². The van der Waals surface area contributed by atoms with E-state index in [9.17, 15) is 24.3 Å². The molecule has 0 radical (unpaired) electrons. The van der Waals surface area contributed by atoms with E-state index in [1.807, 2.05) is 24.3 Å². The fourth-order valence-corrected chi connectivity index (χ4v) is 17.1. The van der Waals surface area contributed by atoms with Crippen molar-refractivity contribution in [3.05, 3.63) is 163 Å². The summed E-state index contributed by atoms with van der Waals surface area (Å²) in [7, 11) is -2.58. The number of allylic oxidation sites excluding steroid dienone is 2. The summed E-state index contributed by atoms with van der Waals surface area (Å²) in [6.45, 7) is 15.8. The molecule has 1 atom stereocenters. The Morgan fingerprint density at radius 2 is 1.16 bits per heavy atom. The molecule has 0 aliphatic heterocycles. The predicted octanol–water partition coefficient (Wildman–Crippen LogP) is 5.41. The summed E-state index contributed by atoms with van der Waals surface area (Å²) in [6, 6.07) is 25.8. The number of rotatable bonds is 17. The first-order valence-corrected chi connectivity index (χ1v) is 31.8. The smallest absolute Gasteiger partial charge is 1.00 e. The summed E-state index contributed by atoms with van der Waals surface area (Å²) in [4.78, 5) is 69.9. The zero-order valence-corrected chi connectivity index (χ0v) is 57.1. The molecule has 14 nitrogen and oxygen atoms in total. The molecule has 0 bridgehead atoms. The Hall–Kier alpha value is -2.29. The zero-order valence-electron chi connectivity index (χ0n) is 47.8. The number of Topliss-reactive ketones (excluding diaryl/α,β-unsaturated/α-hetero) is 2. The maximum Gasteiger partial charge on any atom is 2.00 e. The van der Waals surface area contributed by atoms with Crippen molar-refractivity contribution >= 4 is 92.3 Å². The van der Waals surface area contributed by atoms with Gasteiger partial charge in [-0.25, -0.2) is 0 Å². The van der Waals surface area contributed by atoms with Gasteiger partial charge in [-0.1, -0.05) is 76.7 Å². The van der Waals surface area contributed by atoms with Gasteiger partial charge in [-0.15, -0.1) is 17.0 Å². The van der Waals surface area contributed by atoms with Gasteiger partial charge in [-0.05, 0) is 130 Å². The number of pyridine rings is 4. The maximum atomic E-state index is 11.5. The molecule has 0 saturated heterocycles. The number of carbonyl (C=O) groups excluding carboxylic acids is 5. The fraction of sp³-hybridized carbons (Fsp3) is 0.421. The minimum atomic E-state index is -1.29. The second-order valence-electron chi connectivity index (χ2n) is 20.2. The first-order valence-electron chi connectivity index (χ1n) is 24.9. The zero-order chi connectivity index (χ0) is 52.8. The van der Waals surface area contributed by atoms with E-state index in [2.05, 4.69) is 92.6 Å². The van der Waals surface area contributed by atoms with E-state index in [-0.39, 0.29) is 158 Å². The Balaban J connectivity index is -0.000000416. The topological polar surface area (TPSA) is 223 Å². The largest absolute Gasteiger partial charge is 2.00 e. The predicted molar refractivity (Wildman–Crippen MR) is 306 cm³/mol. The van der Waals surface area contributed by atoms with Gasteiger partial charge in [-0.2, -0.15) is 30.3 Å². The van der Waals surface area contributed by atoms with Gasteiger partial charge in [0, 0.05) is 78.6 Å². The summed E-state index contributed by atoms with van der Waals surface area (Å²) in [5.41, 5.74) is 4.58. The average molecular weight is 1200 g/mol. The number of aliphatic hydroxyl groups excluding tert-OH is 1. The van der Waals surface area contributed by atoms with Crippen molar-refractivity contribution in [2.24, 2.45) is 23.7 Å². The Labute approximate surface area is 552 Å². The van der Waals surface area contributed by atoms with Gasteiger partial charge in [0.1, 0.15) is 22.8 Å².